The zero-order chi connectivity index (χ0) is 26.2. The zero-order valence-corrected chi connectivity index (χ0v) is 21.0. The number of hydrogen-bond acceptors (Lipinski definition) is 5. The number of nitrogens with zero attached hydrogens (tertiary/aromatic N) is 1. The van der Waals surface area contributed by atoms with Gasteiger partial charge in [-0.2, -0.15) is 0 Å². The van der Waals surface area contributed by atoms with Crippen molar-refractivity contribution in [1.29, 1.82) is 0 Å². The first kappa shape index (κ1) is 26.5. The predicted molar refractivity (Wildman–Crippen MR) is 141 cm³/mol. The Kier molecular flexibility index (Phi) is 8.89. The number of rotatable bonds is 10. The summed E-state index contributed by atoms with van der Waals surface area (Å²) in [5.41, 5.74) is 2.05. The van der Waals surface area contributed by atoms with Crippen LogP contribution in [0.1, 0.15) is 42.6 Å². The molecule has 3 aromatic rings. The highest BCUT2D eigenvalue weighted by molar-refractivity contribution is 6.05. The maximum atomic E-state index is 14.6. The van der Waals surface area contributed by atoms with E-state index in [2.05, 4.69) is 22.5 Å². The largest absolute Gasteiger partial charge is 0.506 e. The van der Waals surface area contributed by atoms with Gasteiger partial charge in [0.1, 0.15) is 17.3 Å². The number of halogens is 1. The Morgan fingerprint density at radius 2 is 1.69 bits per heavy atom. The van der Waals surface area contributed by atoms with Crippen molar-refractivity contribution in [2.75, 3.05) is 29.1 Å². The Morgan fingerprint density at radius 1 is 1.03 bits per heavy atom. The number of nitrogens with one attached hydrogen (secondary N) is 2. The molecule has 3 aromatic carbocycles. The molecule has 3 N–H and O–H groups in total. The highest BCUT2D eigenvalue weighted by Gasteiger charge is 2.19. The molecule has 3 rings (SSSR count). The van der Waals surface area contributed by atoms with Crippen LogP contribution in [0.25, 0.3) is 0 Å². The Bertz CT molecular complexity index is 1200. The summed E-state index contributed by atoms with van der Waals surface area (Å²) in [6, 6.07) is 16.2. The molecule has 0 bridgehead atoms. The van der Waals surface area contributed by atoms with E-state index in [0.717, 1.165) is 42.8 Å². The van der Waals surface area contributed by atoms with E-state index in [9.17, 15) is 19.1 Å². The van der Waals surface area contributed by atoms with Gasteiger partial charge < -0.3 is 25.4 Å². The first-order valence-corrected chi connectivity index (χ1v) is 11.9. The lowest BCUT2D eigenvalue weighted by molar-refractivity contribution is -0.122. The number of carbonyl (C=O) groups excluding carboxylic acids is 2. The Labute approximate surface area is 210 Å². The van der Waals surface area contributed by atoms with Crippen molar-refractivity contribution in [3.05, 3.63) is 77.6 Å². The average Bonchev–Trinajstić information content (AvgIpc) is 2.86. The number of hydrogen-bond donors (Lipinski definition) is 3. The summed E-state index contributed by atoms with van der Waals surface area (Å²) in [4.78, 5) is 27.1. The molecule has 8 heteroatoms. The van der Waals surface area contributed by atoms with E-state index in [1.807, 2.05) is 26.1 Å². The van der Waals surface area contributed by atoms with Crippen molar-refractivity contribution in [2.45, 2.75) is 39.7 Å². The second-order valence-electron chi connectivity index (χ2n) is 8.69. The molecule has 0 fully saturated rings. The summed E-state index contributed by atoms with van der Waals surface area (Å²) in [7, 11) is 2.02. The van der Waals surface area contributed by atoms with Crippen LogP contribution in [0.5, 0.6) is 11.5 Å². The summed E-state index contributed by atoms with van der Waals surface area (Å²) in [6.45, 7) is 6.54. The molecule has 190 valence electrons. The standard InChI is InChI=1S/C28H32FN3O4/c1-5-6-15-32(4)21-11-13-22(14-12-21)36-19(3)27(34)31-25-16-23(29)24(17-26(25)33)30-28(35)20-9-7-18(2)8-10-20/h7-14,16-17,19,33H,5-6,15H2,1-4H3,(H,30,35)(H,31,34). The third kappa shape index (κ3) is 6.97. The van der Waals surface area contributed by atoms with Gasteiger partial charge in [0.2, 0.25) is 0 Å². The molecule has 0 heterocycles. The fourth-order valence-electron chi connectivity index (χ4n) is 3.45. The molecular weight excluding hydrogens is 461 g/mol. The zero-order valence-electron chi connectivity index (χ0n) is 21.0. The highest BCUT2D eigenvalue weighted by atomic mass is 19.1. The van der Waals surface area contributed by atoms with Gasteiger partial charge in [0, 0.05) is 37.0 Å². The molecule has 0 spiro atoms. The smallest absolute Gasteiger partial charge is 0.265 e. The second-order valence-corrected chi connectivity index (χ2v) is 8.69. The van der Waals surface area contributed by atoms with E-state index in [0.29, 0.717) is 11.3 Å². The first-order valence-electron chi connectivity index (χ1n) is 11.9. The van der Waals surface area contributed by atoms with E-state index >= 15 is 0 Å². The lowest BCUT2D eigenvalue weighted by Crippen LogP contribution is -2.30. The minimum atomic E-state index is -0.906. The number of ether oxygens (including phenoxy) is 1. The number of aryl methyl sites for hydroxylation is 1. The summed E-state index contributed by atoms with van der Waals surface area (Å²) in [5, 5.41) is 15.2. The SMILES string of the molecule is CCCCN(C)c1ccc(OC(C)C(=O)Nc2cc(F)c(NC(=O)c3ccc(C)cc3)cc2O)cc1. The lowest BCUT2D eigenvalue weighted by atomic mass is 10.1. The van der Waals surface area contributed by atoms with Gasteiger partial charge in [-0.1, -0.05) is 31.0 Å². The van der Waals surface area contributed by atoms with E-state index in [1.165, 1.54) is 0 Å². The molecular formula is C28H32FN3O4. The number of aromatic hydroxyl groups is 1. The minimum Gasteiger partial charge on any atom is -0.506 e. The van der Waals surface area contributed by atoms with E-state index < -0.39 is 29.5 Å². The van der Waals surface area contributed by atoms with Crippen LogP contribution in [0.4, 0.5) is 21.5 Å². The quantitative estimate of drug-likeness (QED) is 0.314. The molecule has 1 unspecified atom stereocenters. The summed E-state index contributed by atoms with van der Waals surface area (Å²) >= 11 is 0. The fraction of sp³-hybridized carbons (Fsp3) is 0.286. The second kappa shape index (κ2) is 12.1. The van der Waals surface area contributed by atoms with Crippen molar-refractivity contribution in [1.82, 2.24) is 0 Å². The number of carbonyl (C=O) groups is 2. The summed E-state index contributed by atoms with van der Waals surface area (Å²) < 4.78 is 20.3. The van der Waals surface area contributed by atoms with Crippen LogP contribution in [-0.2, 0) is 4.79 Å². The van der Waals surface area contributed by atoms with Crippen LogP contribution < -0.4 is 20.3 Å². The molecule has 7 nitrogen and oxygen atoms in total. The van der Waals surface area contributed by atoms with Crippen molar-refractivity contribution in [3.63, 3.8) is 0 Å². The van der Waals surface area contributed by atoms with E-state index in [1.54, 1.807) is 43.3 Å². The van der Waals surface area contributed by atoms with Crippen LogP contribution in [0.2, 0.25) is 0 Å². The molecule has 0 aliphatic heterocycles. The summed E-state index contributed by atoms with van der Waals surface area (Å²) in [5.74, 6) is -1.77. The Hall–Kier alpha value is -4.07. The molecule has 0 aliphatic rings. The number of unbranched alkanes of at least 4 members (excludes halogenated alkanes) is 1. The Morgan fingerprint density at radius 3 is 2.33 bits per heavy atom. The molecule has 0 saturated carbocycles. The number of phenols is 1. The molecule has 2 amide bonds. The van der Waals surface area contributed by atoms with Crippen LogP contribution in [0, 0.1) is 12.7 Å². The molecule has 0 aliphatic carbocycles. The Balaban J connectivity index is 1.61. The van der Waals surface area contributed by atoms with Crippen LogP contribution in [0.3, 0.4) is 0 Å². The van der Waals surface area contributed by atoms with Crippen molar-refractivity contribution < 1.29 is 23.8 Å². The molecule has 0 aromatic heterocycles. The van der Waals surface area contributed by atoms with Crippen LogP contribution in [0.15, 0.2) is 60.7 Å². The lowest BCUT2D eigenvalue weighted by Gasteiger charge is -2.20. The molecule has 36 heavy (non-hydrogen) atoms. The number of benzene rings is 3. The van der Waals surface area contributed by atoms with Crippen molar-refractivity contribution in [3.8, 4) is 11.5 Å². The van der Waals surface area contributed by atoms with Gasteiger partial charge in [-0.25, -0.2) is 4.39 Å². The maximum absolute atomic E-state index is 14.6. The van der Waals surface area contributed by atoms with Crippen LogP contribution >= 0.6 is 0 Å². The summed E-state index contributed by atoms with van der Waals surface area (Å²) in [6.07, 6.45) is 1.30. The number of phenolic OH excluding ortho intramolecular Hbond substituents is 1. The third-order valence-corrected chi connectivity index (χ3v) is 5.71. The van der Waals surface area contributed by atoms with Crippen molar-refractivity contribution in [2.24, 2.45) is 0 Å². The minimum absolute atomic E-state index is 0.130. The maximum Gasteiger partial charge on any atom is 0.265 e. The fourth-order valence-corrected chi connectivity index (χ4v) is 3.45. The van der Waals surface area contributed by atoms with Gasteiger partial charge in [0.25, 0.3) is 11.8 Å². The third-order valence-electron chi connectivity index (χ3n) is 5.71. The van der Waals surface area contributed by atoms with Crippen LogP contribution in [-0.4, -0.2) is 36.6 Å². The van der Waals surface area contributed by atoms with Gasteiger partial charge in [0.15, 0.2) is 6.10 Å². The van der Waals surface area contributed by atoms with Gasteiger partial charge in [-0.05, 0) is 56.7 Å². The van der Waals surface area contributed by atoms with Crippen molar-refractivity contribution >= 4 is 28.9 Å². The molecule has 0 radical (unpaired) electrons. The van der Waals surface area contributed by atoms with E-state index in [-0.39, 0.29) is 11.4 Å². The average molecular weight is 494 g/mol. The van der Waals surface area contributed by atoms with Gasteiger partial charge in [-0.3, -0.25) is 9.59 Å². The highest BCUT2D eigenvalue weighted by Crippen LogP contribution is 2.30. The number of anilines is 3. The van der Waals surface area contributed by atoms with Gasteiger partial charge in [-0.15, -0.1) is 0 Å². The topological polar surface area (TPSA) is 90.9 Å². The molecule has 0 saturated heterocycles. The number of amides is 2. The monoisotopic (exact) mass is 493 g/mol. The van der Waals surface area contributed by atoms with Gasteiger partial charge >= 0.3 is 0 Å². The van der Waals surface area contributed by atoms with E-state index in [4.69, 9.17) is 4.74 Å². The molecule has 1 atom stereocenters. The first-order chi connectivity index (χ1) is 17.2. The normalized spacial score (nSPS) is 11.5. The van der Waals surface area contributed by atoms with Gasteiger partial charge in [0.05, 0.1) is 11.4 Å². The predicted octanol–water partition coefficient (Wildman–Crippen LogP) is 5.73.